The van der Waals surface area contributed by atoms with Gasteiger partial charge in [-0.05, 0) is 12.1 Å². The van der Waals surface area contributed by atoms with Crippen LogP contribution in [-0.2, 0) is 4.79 Å². The van der Waals surface area contributed by atoms with Crippen molar-refractivity contribution in [1.29, 1.82) is 0 Å². The number of amides is 1. The predicted molar refractivity (Wildman–Crippen MR) is 73.7 cm³/mol. The molecule has 2 N–H and O–H groups in total. The van der Waals surface area contributed by atoms with E-state index in [1.165, 1.54) is 0 Å². The van der Waals surface area contributed by atoms with Gasteiger partial charge in [0.2, 0.25) is 5.91 Å². The highest BCUT2D eigenvalue weighted by molar-refractivity contribution is 5.78. The van der Waals surface area contributed by atoms with Gasteiger partial charge in [0.15, 0.2) is 17.8 Å². The van der Waals surface area contributed by atoms with Gasteiger partial charge in [-0.25, -0.2) is 0 Å². The Bertz CT molecular complexity index is 453. The molecule has 1 saturated heterocycles. The second-order valence-electron chi connectivity index (χ2n) is 4.57. The van der Waals surface area contributed by atoms with E-state index in [1.807, 2.05) is 12.1 Å². The molecule has 1 atom stereocenters. The first-order chi connectivity index (χ1) is 9.70. The van der Waals surface area contributed by atoms with Crippen LogP contribution in [0.25, 0.3) is 0 Å². The summed E-state index contributed by atoms with van der Waals surface area (Å²) < 4.78 is 10.6. The van der Waals surface area contributed by atoms with Crippen molar-refractivity contribution in [1.82, 2.24) is 10.2 Å². The number of carbonyl (C=O) groups is 1. The number of ether oxygens (including phenoxy) is 2. The van der Waals surface area contributed by atoms with Crippen molar-refractivity contribution in [2.45, 2.75) is 12.7 Å². The molecule has 1 unspecified atom stereocenters. The average Bonchev–Trinajstić information content (AvgIpc) is 2.47. The third-order valence-electron chi connectivity index (χ3n) is 3.17. The third-order valence-corrected chi connectivity index (χ3v) is 3.17. The molecule has 0 aromatic heterocycles. The second-order valence-corrected chi connectivity index (χ2v) is 4.57. The smallest absolute Gasteiger partial charge is 0.236 e. The van der Waals surface area contributed by atoms with E-state index in [4.69, 9.17) is 9.47 Å². The fraction of sp³-hybridized carbons (Fsp3) is 0.500. The quantitative estimate of drug-likeness (QED) is 0.729. The number of benzene rings is 1. The Morgan fingerprint density at radius 1 is 1.40 bits per heavy atom. The lowest BCUT2D eigenvalue weighted by atomic mass is 10.3. The van der Waals surface area contributed by atoms with Crippen LogP contribution in [0.4, 0.5) is 0 Å². The number of piperazine rings is 1. The molecule has 0 bridgehead atoms. The highest BCUT2D eigenvalue weighted by Gasteiger charge is 2.19. The van der Waals surface area contributed by atoms with Gasteiger partial charge in [0, 0.05) is 26.1 Å². The van der Waals surface area contributed by atoms with Crippen molar-refractivity contribution >= 4 is 5.91 Å². The lowest BCUT2D eigenvalue weighted by Crippen LogP contribution is -2.48. The predicted octanol–water partition coefficient (Wildman–Crippen LogP) is 0.214. The van der Waals surface area contributed by atoms with Gasteiger partial charge in [0.1, 0.15) is 0 Å². The van der Waals surface area contributed by atoms with E-state index < -0.39 is 6.29 Å². The van der Waals surface area contributed by atoms with Gasteiger partial charge in [-0.1, -0.05) is 12.1 Å². The number of nitrogens with zero attached hydrogens (tertiary/aromatic N) is 1. The highest BCUT2D eigenvalue weighted by atomic mass is 16.6. The number of para-hydroxylation sites is 2. The number of methoxy groups -OCH3 is 1. The minimum absolute atomic E-state index is 0.0562. The normalized spacial score (nSPS) is 16.9. The van der Waals surface area contributed by atoms with Crippen LogP contribution in [0.5, 0.6) is 11.5 Å². The van der Waals surface area contributed by atoms with Gasteiger partial charge in [-0.3, -0.25) is 4.79 Å². The number of rotatable bonds is 6. The van der Waals surface area contributed by atoms with Gasteiger partial charge in [-0.2, -0.15) is 0 Å². The number of carbonyl (C=O) groups excluding carboxylic acids is 1. The van der Waals surface area contributed by atoms with Gasteiger partial charge < -0.3 is 24.8 Å². The monoisotopic (exact) mass is 280 g/mol. The Morgan fingerprint density at radius 2 is 2.15 bits per heavy atom. The van der Waals surface area contributed by atoms with Crippen LogP contribution in [0.15, 0.2) is 24.3 Å². The van der Waals surface area contributed by atoms with Crippen LogP contribution in [-0.4, -0.2) is 55.5 Å². The first-order valence-corrected chi connectivity index (χ1v) is 6.67. The Labute approximate surface area is 118 Å². The molecule has 0 spiro atoms. The molecule has 1 aliphatic heterocycles. The summed E-state index contributed by atoms with van der Waals surface area (Å²) in [5.41, 5.74) is 0. The molecular weight excluding hydrogens is 260 g/mol. The summed E-state index contributed by atoms with van der Waals surface area (Å²) in [5.74, 6) is 1.12. The molecule has 1 amide bonds. The van der Waals surface area contributed by atoms with E-state index in [2.05, 4.69) is 5.32 Å². The number of aliphatic hydroxyl groups excluding tert-OH is 1. The minimum atomic E-state index is -0.964. The van der Waals surface area contributed by atoms with Crippen molar-refractivity contribution in [2.75, 3.05) is 33.3 Å². The molecule has 20 heavy (non-hydrogen) atoms. The fourth-order valence-electron chi connectivity index (χ4n) is 2.07. The Hall–Kier alpha value is -1.79. The van der Waals surface area contributed by atoms with Gasteiger partial charge >= 0.3 is 0 Å². The highest BCUT2D eigenvalue weighted by Crippen LogP contribution is 2.26. The van der Waals surface area contributed by atoms with Crippen molar-refractivity contribution in [3.05, 3.63) is 24.3 Å². The summed E-state index contributed by atoms with van der Waals surface area (Å²) in [6.07, 6.45) is -0.599. The van der Waals surface area contributed by atoms with Gasteiger partial charge in [0.05, 0.1) is 13.7 Å². The van der Waals surface area contributed by atoms with Crippen molar-refractivity contribution in [2.24, 2.45) is 0 Å². The maximum absolute atomic E-state index is 11.6. The Kier molecular flexibility index (Phi) is 5.20. The Morgan fingerprint density at radius 3 is 2.85 bits per heavy atom. The third kappa shape index (κ3) is 3.85. The summed E-state index contributed by atoms with van der Waals surface area (Å²) in [5, 5.41) is 12.9. The average molecular weight is 280 g/mol. The zero-order chi connectivity index (χ0) is 14.4. The van der Waals surface area contributed by atoms with E-state index in [0.717, 1.165) is 6.54 Å². The molecule has 0 aliphatic carbocycles. The van der Waals surface area contributed by atoms with E-state index in [-0.39, 0.29) is 5.91 Å². The molecule has 1 heterocycles. The van der Waals surface area contributed by atoms with Gasteiger partial charge in [-0.15, -0.1) is 0 Å². The topological polar surface area (TPSA) is 71.0 Å². The Balaban J connectivity index is 1.83. The zero-order valence-corrected chi connectivity index (χ0v) is 11.5. The number of hydrogen-bond donors (Lipinski definition) is 2. The summed E-state index contributed by atoms with van der Waals surface area (Å²) in [6, 6.07) is 7.14. The zero-order valence-electron chi connectivity index (χ0n) is 11.5. The van der Waals surface area contributed by atoms with Crippen LogP contribution in [0.2, 0.25) is 0 Å². The summed E-state index contributed by atoms with van der Waals surface area (Å²) in [7, 11) is 1.55. The van der Waals surface area contributed by atoms with E-state index >= 15 is 0 Å². The molecule has 1 aliphatic rings. The van der Waals surface area contributed by atoms with Crippen LogP contribution < -0.4 is 14.8 Å². The molecule has 6 heteroatoms. The van der Waals surface area contributed by atoms with E-state index in [9.17, 15) is 9.90 Å². The SMILES string of the molecule is COc1ccccc1OC(O)CCN1CCNCC1=O. The molecule has 0 saturated carbocycles. The summed E-state index contributed by atoms with van der Waals surface area (Å²) in [4.78, 5) is 13.3. The first kappa shape index (κ1) is 14.6. The van der Waals surface area contributed by atoms with Crippen LogP contribution in [0.1, 0.15) is 6.42 Å². The maximum atomic E-state index is 11.6. The molecular formula is C14H20N2O4. The first-order valence-electron chi connectivity index (χ1n) is 6.67. The molecule has 1 fully saturated rings. The van der Waals surface area contributed by atoms with Crippen molar-refractivity contribution in [3.8, 4) is 11.5 Å². The summed E-state index contributed by atoms with van der Waals surface area (Å²) in [6.45, 7) is 2.30. The van der Waals surface area contributed by atoms with E-state index in [0.29, 0.717) is 37.6 Å². The molecule has 1 aromatic carbocycles. The second kappa shape index (κ2) is 7.12. The maximum Gasteiger partial charge on any atom is 0.236 e. The fourth-order valence-corrected chi connectivity index (χ4v) is 2.07. The molecule has 0 radical (unpaired) electrons. The van der Waals surface area contributed by atoms with Crippen molar-refractivity contribution in [3.63, 3.8) is 0 Å². The molecule has 110 valence electrons. The van der Waals surface area contributed by atoms with Gasteiger partial charge in [0.25, 0.3) is 0 Å². The van der Waals surface area contributed by atoms with Crippen LogP contribution in [0.3, 0.4) is 0 Å². The summed E-state index contributed by atoms with van der Waals surface area (Å²) >= 11 is 0. The number of nitrogens with one attached hydrogen (secondary N) is 1. The minimum Gasteiger partial charge on any atom is -0.493 e. The van der Waals surface area contributed by atoms with Crippen LogP contribution >= 0.6 is 0 Å². The van der Waals surface area contributed by atoms with Crippen molar-refractivity contribution < 1.29 is 19.4 Å². The largest absolute Gasteiger partial charge is 0.493 e. The molecule has 2 rings (SSSR count). The molecule has 6 nitrogen and oxygen atoms in total. The van der Waals surface area contributed by atoms with Crippen LogP contribution in [0, 0.1) is 0 Å². The standard InChI is InChI=1S/C14H20N2O4/c1-19-11-4-2-3-5-12(11)20-14(18)6-8-16-9-7-15-10-13(16)17/h2-5,14-15,18H,6-10H2,1H3. The molecule has 1 aromatic rings. The van der Waals surface area contributed by atoms with E-state index in [1.54, 1.807) is 24.1 Å². The number of hydrogen-bond acceptors (Lipinski definition) is 5. The number of aliphatic hydroxyl groups is 1. The lowest BCUT2D eigenvalue weighted by Gasteiger charge is -2.28. The lowest BCUT2D eigenvalue weighted by molar-refractivity contribution is -0.132.